The highest BCUT2D eigenvalue weighted by Gasteiger charge is 2.27. The van der Waals surface area contributed by atoms with E-state index in [1.165, 1.54) is 0 Å². The first-order valence-corrected chi connectivity index (χ1v) is 7.14. The molecule has 0 aliphatic heterocycles. The fourth-order valence-corrected chi connectivity index (χ4v) is 3.22. The first-order chi connectivity index (χ1) is 8.21. The van der Waals surface area contributed by atoms with Gasteiger partial charge >= 0.3 is 6.18 Å². The van der Waals surface area contributed by atoms with Gasteiger partial charge in [0.15, 0.2) is 8.68 Å². The minimum atomic E-state index is -4.43. The molecular formula is C7H8ClF3N2O3S2. The van der Waals surface area contributed by atoms with Crippen molar-refractivity contribution in [2.45, 2.75) is 10.4 Å². The fraction of sp³-hybridized carbons (Fsp3) is 0.571. The molecule has 104 valence electrons. The van der Waals surface area contributed by atoms with Crippen LogP contribution in [-0.4, -0.2) is 39.3 Å². The summed E-state index contributed by atoms with van der Waals surface area (Å²) in [6, 6.07) is 0. The minimum absolute atomic E-state index is 0.0590. The Balaban J connectivity index is 2.35. The number of halogens is 4. The van der Waals surface area contributed by atoms with Crippen LogP contribution in [-0.2, 0) is 14.8 Å². The van der Waals surface area contributed by atoms with Crippen LogP contribution in [0.3, 0.4) is 0 Å². The molecule has 0 unspecified atom stereocenters. The van der Waals surface area contributed by atoms with Gasteiger partial charge in [0.1, 0.15) is 6.61 Å². The maximum Gasteiger partial charge on any atom is 0.411 e. The maximum atomic E-state index is 11.7. The number of aromatic nitrogens is 1. The third kappa shape index (κ3) is 5.48. The molecule has 1 N–H and O–H groups in total. The second-order valence-electron chi connectivity index (χ2n) is 3.00. The Morgan fingerprint density at radius 3 is 2.67 bits per heavy atom. The number of hydrogen-bond acceptors (Lipinski definition) is 5. The summed E-state index contributed by atoms with van der Waals surface area (Å²) in [6.45, 7) is -2.07. The topological polar surface area (TPSA) is 68.3 Å². The molecule has 0 saturated carbocycles. The Kier molecular flexibility index (Phi) is 5.34. The van der Waals surface area contributed by atoms with Gasteiger partial charge in [-0.3, -0.25) is 0 Å². The van der Waals surface area contributed by atoms with Gasteiger partial charge in [-0.2, -0.15) is 13.2 Å². The molecule has 0 spiro atoms. The number of thiazole rings is 1. The number of alkyl halides is 3. The zero-order chi connectivity index (χ0) is 13.8. The van der Waals surface area contributed by atoms with Crippen molar-refractivity contribution < 1.29 is 26.3 Å². The molecule has 0 bridgehead atoms. The largest absolute Gasteiger partial charge is 0.411 e. The third-order valence-corrected chi connectivity index (χ3v) is 4.56. The Hall–Kier alpha value is -0.420. The fourth-order valence-electron chi connectivity index (χ4n) is 0.871. The van der Waals surface area contributed by atoms with Crippen LogP contribution in [0.2, 0.25) is 4.47 Å². The highest BCUT2D eigenvalue weighted by molar-refractivity contribution is 7.91. The van der Waals surface area contributed by atoms with Crippen LogP contribution in [0, 0.1) is 0 Å². The van der Waals surface area contributed by atoms with Gasteiger partial charge in [-0.15, -0.1) is 0 Å². The normalized spacial score (nSPS) is 12.9. The van der Waals surface area contributed by atoms with Crippen molar-refractivity contribution in [3.8, 4) is 0 Å². The lowest BCUT2D eigenvalue weighted by Gasteiger charge is -2.08. The van der Waals surface area contributed by atoms with Crippen molar-refractivity contribution in [1.29, 1.82) is 0 Å². The van der Waals surface area contributed by atoms with Crippen molar-refractivity contribution >= 4 is 33.0 Å². The predicted octanol–water partition coefficient (Wildman–Crippen LogP) is 1.65. The van der Waals surface area contributed by atoms with E-state index in [-0.39, 0.29) is 21.8 Å². The quantitative estimate of drug-likeness (QED) is 0.808. The van der Waals surface area contributed by atoms with Gasteiger partial charge in [-0.25, -0.2) is 18.1 Å². The van der Waals surface area contributed by atoms with E-state index < -0.39 is 22.8 Å². The summed E-state index contributed by atoms with van der Waals surface area (Å²) < 4.78 is 64.4. The average molecular weight is 325 g/mol. The van der Waals surface area contributed by atoms with Gasteiger partial charge in [-0.1, -0.05) is 22.9 Å². The van der Waals surface area contributed by atoms with Gasteiger partial charge in [0.25, 0.3) is 10.0 Å². The molecule has 11 heteroatoms. The Bertz CT molecular complexity index is 488. The van der Waals surface area contributed by atoms with E-state index >= 15 is 0 Å². The molecule has 0 aliphatic rings. The molecule has 0 radical (unpaired) electrons. The Morgan fingerprint density at radius 2 is 2.17 bits per heavy atom. The zero-order valence-electron chi connectivity index (χ0n) is 8.70. The molecule has 18 heavy (non-hydrogen) atoms. The summed E-state index contributed by atoms with van der Waals surface area (Å²) >= 11 is 6.21. The second-order valence-corrected chi connectivity index (χ2v) is 6.60. The van der Waals surface area contributed by atoms with E-state index in [0.717, 1.165) is 17.5 Å². The first-order valence-electron chi connectivity index (χ1n) is 4.46. The van der Waals surface area contributed by atoms with Crippen molar-refractivity contribution in [2.75, 3.05) is 19.8 Å². The van der Waals surface area contributed by atoms with Gasteiger partial charge < -0.3 is 4.74 Å². The number of sulfonamides is 1. The smallest absolute Gasteiger partial charge is 0.371 e. The van der Waals surface area contributed by atoms with Crippen LogP contribution in [0.5, 0.6) is 0 Å². The predicted molar refractivity (Wildman–Crippen MR) is 59.2 cm³/mol. The molecule has 0 amide bonds. The van der Waals surface area contributed by atoms with E-state index in [4.69, 9.17) is 11.6 Å². The first kappa shape index (κ1) is 15.6. The van der Waals surface area contributed by atoms with Crippen LogP contribution >= 0.6 is 22.9 Å². The number of hydrogen-bond donors (Lipinski definition) is 1. The molecule has 1 rings (SSSR count). The molecule has 0 fully saturated rings. The van der Waals surface area contributed by atoms with Crippen LogP contribution in [0.15, 0.2) is 10.4 Å². The molecule has 5 nitrogen and oxygen atoms in total. The molecule has 0 aromatic carbocycles. The Morgan fingerprint density at radius 1 is 1.50 bits per heavy atom. The van der Waals surface area contributed by atoms with E-state index in [1.807, 2.05) is 0 Å². The number of ether oxygens (including phenoxy) is 1. The maximum absolute atomic E-state index is 11.7. The van der Waals surface area contributed by atoms with E-state index in [2.05, 4.69) is 14.4 Å². The molecule has 1 aromatic heterocycles. The van der Waals surface area contributed by atoms with Crippen LogP contribution in [0.4, 0.5) is 13.2 Å². The van der Waals surface area contributed by atoms with Gasteiger partial charge in [0.2, 0.25) is 0 Å². The van der Waals surface area contributed by atoms with E-state index in [1.54, 1.807) is 0 Å². The van der Waals surface area contributed by atoms with Crippen molar-refractivity contribution in [3.05, 3.63) is 10.7 Å². The zero-order valence-corrected chi connectivity index (χ0v) is 11.1. The average Bonchev–Trinajstić information content (AvgIpc) is 2.63. The summed E-state index contributed by atoms with van der Waals surface area (Å²) in [5, 5.41) is 0. The van der Waals surface area contributed by atoms with Crippen LogP contribution in [0.1, 0.15) is 0 Å². The molecule has 0 saturated heterocycles. The second kappa shape index (κ2) is 6.15. The summed E-state index contributed by atoms with van der Waals surface area (Å²) in [6.07, 6.45) is -3.37. The molecule has 1 heterocycles. The lowest BCUT2D eigenvalue weighted by atomic mass is 10.7. The molecular weight excluding hydrogens is 317 g/mol. The van der Waals surface area contributed by atoms with Crippen molar-refractivity contribution in [2.24, 2.45) is 0 Å². The van der Waals surface area contributed by atoms with E-state index in [0.29, 0.717) is 0 Å². The van der Waals surface area contributed by atoms with Gasteiger partial charge in [0.05, 0.1) is 12.8 Å². The lowest BCUT2D eigenvalue weighted by molar-refractivity contribution is -0.173. The molecule has 0 aliphatic carbocycles. The number of rotatable bonds is 6. The minimum Gasteiger partial charge on any atom is -0.371 e. The SMILES string of the molecule is O=S(=O)(NCCOCC(F)(F)F)c1cnc(Cl)s1. The molecule has 1 aromatic rings. The van der Waals surface area contributed by atoms with Crippen molar-refractivity contribution in [3.63, 3.8) is 0 Å². The summed E-state index contributed by atoms with van der Waals surface area (Å²) in [4.78, 5) is 3.54. The summed E-state index contributed by atoms with van der Waals surface area (Å²) in [7, 11) is -3.80. The third-order valence-electron chi connectivity index (χ3n) is 1.53. The lowest BCUT2D eigenvalue weighted by Crippen LogP contribution is -2.28. The van der Waals surface area contributed by atoms with Crippen molar-refractivity contribution in [1.82, 2.24) is 9.71 Å². The van der Waals surface area contributed by atoms with Crippen LogP contribution in [0.25, 0.3) is 0 Å². The van der Waals surface area contributed by atoms with Crippen LogP contribution < -0.4 is 4.72 Å². The standard InChI is InChI=1S/C7H8ClF3N2O3S2/c8-6-12-3-5(17-6)18(14,15)13-1-2-16-4-7(9,10)11/h3,13H,1-2,4H2. The van der Waals surface area contributed by atoms with E-state index in [9.17, 15) is 21.6 Å². The monoisotopic (exact) mass is 324 g/mol. The number of nitrogens with zero attached hydrogens (tertiary/aromatic N) is 1. The molecule has 0 atom stereocenters. The highest BCUT2D eigenvalue weighted by Crippen LogP contribution is 2.21. The van der Waals surface area contributed by atoms with Gasteiger partial charge in [-0.05, 0) is 0 Å². The summed E-state index contributed by atoms with van der Waals surface area (Å²) in [5.74, 6) is 0. The number of nitrogens with one attached hydrogen (secondary N) is 1. The summed E-state index contributed by atoms with van der Waals surface area (Å²) in [5.41, 5.74) is 0. The highest BCUT2D eigenvalue weighted by atomic mass is 35.5. The Labute approximate surface area is 110 Å². The van der Waals surface area contributed by atoms with Gasteiger partial charge in [0, 0.05) is 6.54 Å².